The van der Waals surface area contributed by atoms with Crippen molar-refractivity contribution in [2.75, 3.05) is 33.4 Å². The lowest BCUT2D eigenvalue weighted by molar-refractivity contribution is -0.239. The van der Waals surface area contributed by atoms with Gasteiger partial charge in [0.1, 0.15) is 11.4 Å². The van der Waals surface area contributed by atoms with Crippen LogP contribution in [0.1, 0.15) is 90.0 Å². The molecule has 2 N–H and O–H groups in total. The molecule has 0 amide bonds. The van der Waals surface area contributed by atoms with E-state index in [9.17, 15) is 10.2 Å². The Morgan fingerprint density at radius 1 is 0.919 bits per heavy atom. The largest absolute Gasteiger partial charge is 0.496 e. The minimum atomic E-state index is -1.07. The smallest absolute Gasteiger partial charge is 0.124 e. The van der Waals surface area contributed by atoms with Crippen molar-refractivity contribution in [2.24, 2.45) is 28.6 Å². The molecule has 206 valence electrons. The van der Waals surface area contributed by atoms with Gasteiger partial charge in [0.2, 0.25) is 0 Å². The Balaban J connectivity index is 1.18. The summed E-state index contributed by atoms with van der Waals surface area (Å²) in [6.07, 6.45) is 12.1. The molecule has 1 aliphatic heterocycles. The van der Waals surface area contributed by atoms with Crippen LogP contribution in [0.15, 0.2) is 24.3 Å². The van der Waals surface area contributed by atoms with Crippen molar-refractivity contribution in [3.8, 4) is 5.75 Å². The summed E-state index contributed by atoms with van der Waals surface area (Å²) >= 11 is 0. The van der Waals surface area contributed by atoms with Gasteiger partial charge < -0.3 is 24.6 Å². The Kier molecular flexibility index (Phi) is 6.70. The van der Waals surface area contributed by atoms with Gasteiger partial charge in [-0.3, -0.25) is 0 Å². The molecule has 1 saturated heterocycles. The molecule has 0 radical (unpaired) electrons. The number of para-hydroxylation sites is 1. The van der Waals surface area contributed by atoms with E-state index in [1.807, 2.05) is 24.3 Å². The number of nitrogens with zero attached hydrogens (tertiary/aromatic N) is 1. The van der Waals surface area contributed by atoms with E-state index in [0.29, 0.717) is 30.8 Å². The molecule has 0 spiro atoms. The molecular weight excluding hydrogens is 462 g/mol. The number of fused-ring (bicyclic) bond motifs is 5. The Bertz CT molecular complexity index is 979. The monoisotopic (exact) mass is 511 g/mol. The Morgan fingerprint density at radius 2 is 1.70 bits per heavy atom. The summed E-state index contributed by atoms with van der Waals surface area (Å²) in [5.74, 6) is 2.19. The molecule has 0 unspecified atom stereocenters. The van der Waals surface area contributed by atoms with Gasteiger partial charge in [-0.25, -0.2) is 0 Å². The van der Waals surface area contributed by atoms with Crippen LogP contribution in [0.3, 0.4) is 0 Å². The van der Waals surface area contributed by atoms with Crippen LogP contribution in [0.5, 0.6) is 5.75 Å². The van der Waals surface area contributed by atoms with Crippen molar-refractivity contribution in [1.29, 1.82) is 0 Å². The highest BCUT2D eigenvalue weighted by atomic mass is 16.5. The number of hydrogen-bond acceptors (Lipinski definition) is 5. The Morgan fingerprint density at radius 3 is 2.49 bits per heavy atom. The van der Waals surface area contributed by atoms with E-state index >= 15 is 0 Å². The van der Waals surface area contributed by atoms with E-state index < -0.39 is 16.6 Å². The molecule has 4 aliphatic carbocycles. The quantitative estimate of drug-likeness (QED) is 0.527. The molecular formula is C32H49NO4. The lowest BCUT2D eigenvalue weighted by Gasteiger charge is -2.64. The first-order chi connectivity index (χ1) is 17.7. The van der Waals surface area contributed by atoms with Gasteiger partial charge in [-0.05, 0) is 113 Å². The van der Waals surface area contributed by atoms with E-state index in [4.69, 9.17) is 9.47 Å². The van der Waals surface area contributed by atoms with Crippen molar-refractivity contribution in [3.63, 3.8) is 0 Å². The molecule has 6 rings (SSSR count). The van der Waals surface area contributed by atoms with E-state index in [-0.39, 0.29) is 11.3 Å². The molecule has 4 saturated carbocycles. The molecule has 0 bridgehead atoms. The summed E-state index contributed by atoms with van der Waals surface area (Å²) in [5, 5.41) is 24.9. The molecule has 37 heavy (non-hydrogen) atoms. The first-order valence-corrected chi connectivity index (χ1v) is 15.2. The Hall–Kier alpha value is -1.14. The van der Waals surface area contributed by atoms with Gasteiger partial charge >= 0.3 is 0 Å². The van der Waals surface area contributed by atoms with Crippen molar-refractivity contribution >= 4 is 0 Å². The van der Waals surface area contributed by atoms with Crippen LogP contribution >= 0.6 is 0 Å². The van der Waals surface area contributed by atoms with Crippen molar-refractivity contribution in [3.05, 3.63) is 29.8 Å². The Labute approximate surface area is 223 Å². The zero-order valence-electron chi connectivity index (χ0n) is 23.4. The maximum Gasteiger partial charge on any atom is 0.124 e. The molecule has 1 heterocycles. The van der Waals surface area contributed by atoms with Crippen molar-refractivity contribution < 1.29 is 19.7 Å². The standard InChI is InChI=1S/C32H49NO4/c1-29-14-12-24(37-21-20-33-18-6-7-19-33)22-23(29)10-11-26-25(29)13-15-30(2)31(26,34)16-17-32(30,35)27-8-4-5-9-28(27)36-3/h4-5,8-9,23-26,34-35H,6-7,10-22H2,1-3H3/t23-,24+,25+,26-,29+,30+,31+,32+/m1/s1. The fraction of sp³-hybridized carbons (Fsp3) is 0.812. The fourth-order valence-electron chi connectivity index (χ4n) is 10.1. The summed E-state index contributed by atoms with van der Waals surface area (Å²) in [7, 11) is 1.68. The molecule has 8 atom stereocenters. The summed E-state index contributed by atoms with van der Waals surface area (Å²) in [6.45, 7) is 9.14. The van der Waals surface area contributed by atoms with Crippen molar-refractivity contribution in [1.82, 2.24) is 4.90 Å². The minimum absolute atomic E-state index is 0.254. The molecule has 5 fully saturated rings. The number of likely N-dealkylation sites (tertiary alicyclic amines) is 1. The molecule has 5 heteroatoms. The van der Waals surface area contributed by atoms with Crippen LogP contribution in [0.2, 0.25) is 0 Å². The number of hydrogen-bond donors (Lipinski definition) is 2. The molecule has 1 aromatic rings. The summed E-state index contributed by atoms with van der Waals surface area (Å²) < 4.78 is 12.1. The van der Waals surface area contributed by atoms with Crippen LogP contribution in [-0.2, 0) is 10.3 Å². The highest BCUT2D eigenvalue weighted by molar-refractivity contribution is 5.42. The maximum atomic E-state index is 12.6. The third kappa shape index (κ3) is 3.85. The predicted octanol–water partition coefficient (Wildman–Crippen LogP) is 5.52. The van der Waals surface area contributed by atoms with Crippen molar-refractivity contribution in [2.45, 2.75) is 102 Å². The first-order valence-electron chi connectivity index (χ1n) is 15.2. The third-order valence-corrected chi connectivity index (χ3v) is 12.5. The zero-order valence-corrected chi connectivity index (χ0v) is 23.4. The van der Waals surface area contributed by atoms with Crippen LogP contribution in [0.25, 0.3) is 0 Å². The summed E-state index contributed by atoms with van der Waals surface area (Å²) in [5.41, 5.74) is -1.38. The summed E-state index contributed by atoms with van der Waals surface area (Å²) in [6, 6.07) is 7.89. The lowest BCUT2D eigenvalue weighted by Crippen LogP contribution is -2.64. The molecule has 5 nitrogen and oxygen atoms in total. The molecule has 0 aromatic heterocycles. The topological polar surface area (TPSA) is 62.2 Å². The first kappa shape index (κ1) is 26.1. The van der Waals surface area contributed by atoms with Gasteiger partial charge in [0.15, 0.2) is 0 Å². The maximum absolute atomic E-state index is 12.6. The van der Waals surface area contributed by atoms with Gasteiger partial charge in [-0.15, -0.1) is 0 Å². The van der Waals surface area contributed by atoms with E-state index in [2.05, 4.69) is 18.7 Å². The number of benzene rings is 1. The fourth-order valence-corrected chi connectivity index (χ4v) is 10.1. The number of aliphatic hydroxyl groups is 2. The average Bonchev–Trinajstić information content (AvgIpc) is 3.50. The van der Waals surface area contributed by atoms with Crippen LogP contribution in [-0.4, -0.2) is 60.2 Å². The number of ether oxygens (including phenoxy) is 2. The van der Waals surface area contributed by atoms with Crippen LogP contribution in [0.4, 0.5) is 0 Å². The summed E-state index contributed by atoms with van der Waals surface area (Å²) in [4.78, 5) is 2.55. The van der Waals surface area contributed by atoms with Gasteiger partial charge in [0.05, 0.1) is 25.4 Å². The van der Waals surface area contributed by atoms with E-state index in [1.165, 1.54) is 45.2 Å². The predicted molar refractivity (Wildman–Crippen MR) is 145 cm³/mol. The molecule has 1 aromatic carbocycles. The van der Waals surface area contributed by atoms with E-state index in [1.54, 1.807) is 7.11 Å². The SMILES string of the molecule is COc1ccccc1[C@@]1(O)CC[C@]2(O)[C@@H]3CC[C@@H]4C[C@@H](OCCN5CCCC5)CC[C@]4(C)[C@H]3CC[C@]12C. The minimum Gasteiger partial charge on any atom is -0.496 e. The van der Waals surface area contributed by atoms with Gasteiger partial charge in [0.25, 0.3) is 0 Å². The van der Waals surface area contributed by atoms with Gasteiger partial charge in [-0.1, -0.05) is 32.0 Å². The molecule has 5 aliphatic rings. The van der Waals surface area contributed by atoms with E-state index in [0.717, 1.165) is 50.1 Å². The van der Waals surface area contributed by atoms with Gasteiger partial charge in [0, 0.05) is 17.5 Å². The zero-order chi connectivity index (χ0) is 25.9. The number of rotatable bonds is 6. The van der Waals surface area contributed by atoms with Gasteiger partial charge in [-0.2, -0.15) is 0 Å². The number of methoxy groups -OCH3 is 1. The normalized spacial score (nSPS) is 45.8. The second kappa shape index (κ2) is 9.50. The third-order valence-electron chi connectivity index (χ3n) is 12.5. The van der Waals surface area contributed by atoms with Crippen LogP contribution < -0.4 is 4.74 Å². The lowest BCUT2D eigenvalue weighted by atomic mass is 9.42. The second-order valence-corrected chi connectivity index (χ2v) is 13.7. The van der Waals surface area contributed by atoms with Crippen LogP contribution in [0, 0.1) is 28.6 Å². The highest BCUT2D eigenvalue weighted by Gasteiger charge is 2.72. The second-order valence-electron chi connectivity index (χ2n) is 13.7. The average molecular weight is 512 g/mol. The highest BCUT2D eigenvalue weighted by Crippen LogP contribution is 2.72.